The Morgan fingerprint density at radius 1 is 1.41 bits per heavy atom. The number of carbonyl (C=O) groups excluding carboxylic acids is 1. The smallest absolute Gasteiger partial charge is 0.233 e. The second kappa shape index (κ2) is 5.18. The molecule has 1 amide bonds. The predicted molar refractivity (Wildman–Crippen MR) is 87.4 cm³/mol. The highest BCUT2D eigenvalue weighted by Gasteiger charge is 2.33. The van der Waals surface area contributed by atoms with Crippen molar-refractivity contribution in [3.05, 3.63) is 35.4 Å². The molecule has 1 fully saturated rings. The van der Waals surface area contributed by atoms with E-state index in [1.165, 1.54) is 16.7 Å². The maximum absolute atomic E-state index is 11.6. The van der Waals surface area contributed by atoms with Gasteiger partial charge in [0.15, 0.2) is 0 Å². The molecule has 5 nitrogen and oxygen atoms in total. The number of amides is 1. The lowest BCUT2D eigenvalue weighted by atomic mass is 9.87. The number of piperidine rings is 1. The Morgan fingerprint density at radius 3 is 3.14 bits per heavy atom. The Hall–Kier alpha value is -2.27. The fraction of sp³-hybridized carbons (Fsp3) is 0.353. The van der Waals surface area contributed by atoms with Gasteiger partial charge in [0.2, 0.25) is 5.91 Å². The van der Waals surface area contributed by atoms with Crippen LogP contribution in [0.5, 0.6) is 0 Å². The molecule has 22 heavy (non-hydrogen) atoms. The van der Waals surface area contributed by atoms with Gasteiger partial charge in [0, 0.05) is 36.9 Å². The second-order valence-corrected chi connectivity index (χ2v) is 5.79. The van der Waals surface area contributed by atoms with E-state index in [1.54, 1.807) is 0 Å². The standard InChI is InChI=1S/C17H18N4O/c1-2-16(22)20-21-8-7-12-15(10-21)18-9-14-17(12)11-5-3-4-6-13(11)19-14/h3-6,9,15H,2,7-8,10H2,1H3,(H,20,22). The van der Waals surface area contributed by atoms with Gasteiger partial charge in [0.1, 0.15) is 0 Å². The fourth-order valence-electron chi connectivity index (χ4n) is 3.32. The molecule has 5 heteroatoms. The average molecular weight is 294 g/mol. The first-order chi connectivity index (χ1) is 10.8. The van der Waals surface area contributed by atoms with Crippen molar-refractivity contribution < 1.29 is 4.79 Å². The topological polar surface area (TPSA) is 57.1 Å². The summed E-state index contributed by atoms with van der Waals surface area (Å²) in [5, 5.41) is 1.99. The minimum absolute atomic E-state index is 0.0596. The zero-order valence-electron chi connectivity index (χ0n) is 12.5. The van der Waals surface area contributed by atoms with Crippen molar-refractivity contribution in [3.8, 4) is 0 Å². The van der Waals surface area contributed by atoms with Crippen LogP contribution in [-0.2, 0) is 4.79 Å². The molecule has 0 bridgehead atoms. The van der Waals surface area contributed by atoms with E-state index >= 15 is 0 Å². The summed E-state index contributed by atoms with van der Waals surface area (Å²) in [5.41, 5.74) is 8.80. The average Bonchev–Trinajstić information content (AvgIpc) is 2.93. The van der Waals surface area contributed by atoms with Gasteiger partial charge in [-0.3, -0.25) is 15.2 Å². The minimum Gasteiger partial charge on any atom is -0.289 e. The van der Waals surface area contributed by atoms with Crippen molar-refractivity contribution in [2.75, 3.05) is 13.1 Å². The monoisotopic (exact) mass is 294 g/mol. The molecule has 1 saturated heterocycles. The number of nitrogens with zero attached hydrogens (tertiary/aromatic N) is 3. The van der Waals surface area contributed by atoms with Gasteiger partial charge < -0.3 is 0 Å². The molecule has 1 atom stereocenters. The number of benzene rings is 1. The summed E-state index contributed by atoms with van der Waals surface area (Å²) >= 11 is 0. The Bertz CT molecular complexity index is 732. The molecule has 1 N–H and O–H groups in total. The van der Waals surface area contributed by atoms with Gasteiger partial charge in [0.25, 0.3) is 0 Å². The van der Waals surface area contributed by atoms with Crippen molar-refractivity contribution in [1.29, 1.82) is 0 Å². The highest BCUT2D eigenvalue weighted by atomic mass is 16.2. The quantitative estimate of drug-likeness (QED) is 0.908. The van der Waals surface area contributed by atoms with Crippen LogP contribution < -0.4 is 5.43 Å². The van der Waals surface area contributed by atoms with Crippen molar-refractivity contribution in [2.45, 2.75) is 25.8 Å². The van der Waals surface area contributed by atoms with Gasteiger partial charge >= 0.3 is 0 Å². The van der Waals surface area contributed by atoms with Crippen LogP contribution in [0.1, 0.15) is 25.3 Å². The zero-order chi connectivity index (χ0) is 15.1. The first kappa shape index (κ1) is 13.4. The van der Waals surface area contributed by atoms with Gasteiger partial charge in [-0.05, 0) is 18.1 Å². The van der Waals surface area contributed by atoms with Crippen molar-refractivity contribution in [3.63, 3.8) is 0 Å². The summed E-state index contributed by atoms with van der Waals surface area (Å²) in [5.74, 6) is 0.0596. The molecule has 0 spiro atoms. The lowest BCUT2D eigenvalue weighted by Gasteiger charge is -2.35. The van der Waals surface area contributed by atoms with Gasteiger partial charge in [-0.25, -0.2) is 10.0 Å². The lowest BCUT2D eigenvalue weighted by Crippen LogP contribution is -2.50. The van der Waals surface area contributed by atoms with E-state index in [0.717, 1.165) is 30.9 Å². The van der Waals surface area contributed by atoms with Crippen LogP contribution in [0.15, 0.2) is 39.8 Å². The van der Waals surface area contributed by atoms with Crippen LogP contribution in [0.4, 0.5) is 5.69 Å². The first-order valence-corrected chi connectivity index (χ1v) is 7.75. The molecule has 0 aliphatic carbocycles. The molecular formula is C17H18N4O. The molecule has 0 radical (unpaired) electrons. The minimum atomic E-state index is 0.0596. The maximum atomic E-state index is 11.6. The van der Waals surface area contributed by atoms with Crippen LogP contribution in [-0.4, -0.2) is 42.0 Å². The Morgan fingerprint density at radius 2 is 2.27 bits per heavy atom. The number of allylic oxidation sites excluding steroid dienone is 1. The number of hydrazine groups is 1. The predicted octanol–water partition coefficient (Wildman–Crippen LogP) is 2.13. The summed E-state index contributed by atoms with van der Waals surface area (Å²) in [6.45, 7) is 3.42. The number of dihydropyridines is 1. The molecule has 0 saturated carbocycles. The molecule has 1 aromatic carbocycles. The van der Waals surface area contributed by atoms with Gasteiger partial charge in [-0.2, -0.15) is 0 Å². The molecule has 112 valence electrons. The number of fused-ring (bicyclic) bond motifs is 4. The molecule has 3 heterocycles. The van der Waals surface area contributed by atoms with E-state index in [9.17, 15) is 4.79 Å². The Balaban J connectivity index is 1.64. The van der Waals surface area contributed by atoms with E-state index in [-0.39, 0.29) is 11.9 Å². The molecule has 1 unspecified atom stereocenters. The Labute approximate surface area is 129 Å². The van der Waals surface area contributed by atoms with Gasteiger partial charge in [0.05, 0.1) is 17.4 Å². The molecule has 1 aromatic rings. The second-order valence-electron chi connectivity index (χ2n) is 5.79. The van der Waals surface area contributed by atoms with Crippen LogP contribution in [0, 0.1) is 0 Å². The number of para-hydroxylation sites is 1. The fourth-order valence-corrected chi connectivity index (χ4v) is 3.32. The number of carbonyl (C=O) groups is 1. The third-order valence-electron chi connectivity index (χ3n) is 4.42. The lowest BCUT2D eigenvalue weighted by molar-refractivity contribution is -0.125. The van der Waals surface area contributed by atoms with E-state index in [4.69, 9.17) is 0 Å². The zero-order valence-corrected chi connectivity index (χ0v) is 12.5. The summed E-state index contributed by atoms with van der Waals surface area (Å²) in [4.78, 5) is 20.9. The van der Waals surface area contributed by atoms with E-state index in [2.05, 4.69) is 27.5 Å². The number of hydrogen-bond donors (Lipinski definition) is 1. The number of aliphatic imine (C=N–C) groups is 2. The van der Waals surface area contributed by atoms with Crippen LogP contribution >= 0.6 is 0 Å². The molecule has 4 rings (SSSR count). The Kier molecular flexibility index (Phi) is 3.15. The SMILES string of the molecule is CCC(=O)NN1CCC2=C3C(=Nc4ccccc43)C=NC2C1. The third kappa shape index (κ3) is 2.09. The summed E-state index contributed by atoms with van der Waals surface area (Å²) in [6, 6.07) is 8.38. The third-order valence-corrected chi connectivity index (χ3v) is 4.42. The van der Waals surface area contributed by atoms with Gasteiger partial charge in [-0.15, -0.1) is 0 Å². The normalized spacial score (nSPS) is 22.8. The number of hydrogen-bond acceptors (Lipinski definition) is 4. The van der Waals surface area contributed by atoms with E-state index in [0.29, 0.717) is 6.42 Å². The van der Waals surface area contributed by atoms with Crippen LogP contribution in [0.25, 0.3) is 5.57 Å². The van der Waals surface area contributed by atoms with Crippen LogP contribution in [0.3, 0.4) is 0 Å². The van der Waals surface area contributed by atoms with Crippen molar-refractivity contribution in [2.24, 2.45) is 9.98 Å². The molecule has 3 aliphatic rings. The van der Waals surface area contributed by atoms with E-state index in [1.807, 2.05) is 30.3 Å². The summed E-state index contributed by atoms with van der Waals surface area (Å²) in [6.07, 6.45) is 3.30. The van der Waals surface area contributed by atoms with E-state index < -0.39 is 0 Å². The highest BCUT2D eigenvalue weighted by Crippen LogP contribution is 2.40. The molecular weight excluding hydrogens is 276 g/mol. The largest absolute Gasteiger partial charge is 0.289 e. The summed E-state index contributed by atoms with van der Waals surface area (Å²) < 4.78 is 0. The van der Waals surface area contributed by atoms with Crippen LogP contribution in [0.2, 0.25) is 0 Å². The number of rotatable bonds is 2. The van der Waals surface area contributed by atoms with Gasteiger partial charge in [-0.1, -0.05) is 25.1 Å². The van der Waals surface area contributed by atoms with Crippen molar-refractivity contribution in [1.82, 2.24) is 10.4 Å². The first-order valence-electron chi connectivity index (χ1n) is 7.75. The van der Waals surface area contributed by atoms with Crippen molar-refractivity contribution >= 4 is 29.1 Å². The molecule has 3 aliphatic heterocycles. The molecule has 0 aromatic heterocycles. The maximum Gasteiger partial charge on any atom is 0.233 e. The highest BCUT2D eigenvalue weighted by molar-refractivity contribution is 6.54. The summed E-state index contributed by atoms with van der Waals surface area (Å²) in [7, 11) is 0. The number of nitrogens with one attached hydrogen (secondary N) is 1.